The molecule has 0 spiro atoms. The number of anilines is 1. The maximum Gasteiger partial charge on any atom is 0.238 e. The third-order valence-electron chi connectivity index (χ3n) is 4.23. The van der Waals surface area contributed by atoms with Gasteiger partial charge < -0.3 is 19.7 Å². The van der Waals surface area contributed by atoms with Gasteiger partial charge in [0.1, 0.15) is 11.5 Å². The van der Waals surface area contributed by atoms with Crippen molar-refractivity contribution in [2.75, 3.05) is 46.7 Å². The number of carbonyl (C=O) groups excluding carboxylic acids is 2. The molecular formula is C21H26ClN3O4. The van der Waals surface area contributed by atoms with Crippen LogP contribution < -0.4 is 14.8 Å². The Morgan fingerprint density at radius 1 is 1.03 bits per heavy atom. The maximum absolute atomic E-state index is 12.5. The molecule has 7 nitrogen and oxygen atoms in total. The molecule has 0 aliphatic rings. The normalized spacial score (nSPS) is 10.6. The summed E-state index contributed by atoms with van der Waals surface area (Å²) in [6.45, 7) is 0.616. The van der Waals surface area contributed by atoms with Crippen molar-refractivity contribution in [1.82, 2.24) is 9.80 Å². The predicted octanol–water partition coefficient (Wildman–Crippen LogP) is 2.89. The number of amides is 2. The first-order chi connectivity index (χ1) is 13.8. The molecule has 0 fully saturated rings. The fourth-order valence-electron chi connectivity index (χ4n) is 2.75. The number of nitrogens with one attached hydrogen (secondary N) is 1. The summed E-state index contributed by atoms with van der Waals surface area (Å²) in [5.74, 6) is 0.896. The highest BCUT2D eigenvalue weighted by Gasteiger charge is 2.16. The van der Waals surface area contributed by atoms with Crippen molar-refractivity contribution in [3.8, 4) is 11.5 Å². The Bertz CT molecular complexity index is 860. The van der Waals surface area contributed by atoms with Crippen LogP contribution in [0, 0.1) is 0 Å². The Hall–Kier alpha value is -2.77. The van der Waals surface area contributed by atoms with Crippen LogP contribution in [0.25, 0.3) is 0 Å². The molecule has 156 valence electrons. The smallest absolute Gasteiger partial charge is 0.238 e. The number of hydrogen-bond acceptors (Lipinski definition) is 5. The predicted molar refractivity (Wildman–Crippen MR) is 114 cm³/mol. The van der Waals surface area contributed by atoms with Crippen molar-refractivity contribution in [2.24, 2.45) is 0 Å². The van der Waals surface area contributed by atoms with Crippen LogP contribution in [0.5, 0.6) is 11.5 Å². The molecule has 0 saturated heterocycles. The second kappa shape index (κ2) is 10.7. The second-order valence-electron chi connectivity index (χ2n) is 6.67. The Morgan fingerprint density at radius 3 is 2.48 bits per heavy atom. The molecule has 0 radical (unpaired) electrons. The van der Waals surface area contributed by atoms with Gasteiger partial charge in [-0.2, -0.15) is 0 Å². The van der Waals surface area contributed by atoms with Gasteiger partial charge in [0.25, 0.3) is 0 Å². The van der Waals surface area contributed by atoms with E-state index >= 15 is 0 Å². The van der Waals surface area contributed by atoms with Crippen LogP contribution in [0.15, 0.2) is 42.5 Å². The molecule has 8 heteroatoms. The van der Waals surface area contributed by atoms with Gasteiger partial charge in [-0.15, -0.1) is 0 Å². The number of benzene rings is 2. The molecule has 29 heavy (non-hydrogen) atoms. The summed E-state index contributed by atoms with van der Waals surface area (Å²) in [7, 11) is 6.56. The summed E-state index contributed by atoms with van der Waals surface area (Å²) in [5, 5.41) is 3.25. The molecule has 2 amide bonds. The number of halogens is 1. The van der Waals surface area contributed by atoms with Gasteiger partial charge in [0.15, 0.2) is 0 Å². The molecule has 0 unspecified atom stereocenters. The van der Waals surface area contributed by atoms with Crippen LogP contribution in [0.4, 0.5) is 5.69 Å². The Labute approximate surface area is 176 Å². The minimum atomic E-state index is -0.267. The third-order valence-corrected chi connectivity index (χ3v) is 4.47. The fraction of sp³-hybridized carbons (Fsp3) is 0.333. The Morgan fingerprint density at radius 2 is 1.79 bits per heavy atom. The quantitative estimate of drug-likeness (QED) is 0.676. The van der Waals surface area contributed by atoms with E-state index in [2.05, 4.69) is 5.32 Å². The highest BCUT2D eigenvalue weighted by atomic mass is 35.5. The molecule has 2 aromatic rings. The lowest BCUT2D eigenvalue weighted by Gasteiger charge is -2.22. The van der Waals surface area contributed by atoms with E-state index in [-0.39, 0.29) is 24.9 Å². The van der Waals surface area contributed by atoms with Crippen LogP contribution in [0.3, 0.4) is 0 Å². The van der Waals surface area contributed by atoms with Crippen molar-refractivity contribution >= 4 is 29.1 Å². The minimum absolute atomic E-state index is 0.0500. The summed E-state index contributed by atoms with van der Waals surface area (Å²) < 4.78 is 10.4. The number of nitrogens with zero attached hydrogens (tertiary/aromatic N) is 2. The zero-order valence-corrected chi connectivity index (χ0v) is 17.8. The first-order valence-corrected chi connectivity index (χ1v) is 9.39. The molecular weight excluding hydrogens is 394 g/mol. The van der Waals surface area contributed by atoms with E-state index in [4.69, 9.17) is 21.1 Å². The second-order valence-corrected chi connectivity index (χ2v) is 7.10. The average Bonchev–Trinajstić information content (AvgIpc) is 2.68. The van der Waals surface area contributed by atoms with Crippen molar-refractivity contribution in [3.05, 3.63) is 53.1 Å². The number of ether oxygens (including phenoxy) is 2. The van der Waals surface area contributed by atoms with Crippen molar-refractivity contribution in [1.29, 1.82) is 0 Å². The minimum Gasteiger partial charge on any atom is -0.497 e. The molecule has 0 aromatic heterocycles. The molecule has 0 atom stereocenters. The topological polar surface area (TPSA) is 71.1 Å². The maximum atomic E-state index is 12.5. The van der Waals surface area contributed by atoms with Gasteiger partial charge in [-0.05, 0) is 42.9 Å². The van der Waals surface area contributed by atoms with Crippen LogP contribution in [0.1, 0.15) is 5.56 Å². The SMILES string of the molecule is COc1cccc(CN(C)C(=O)CN(C)CC(=O)Nc2cc(Cl)ccc2OC)c1. The largest absolute Gasteiger partial charge is 0.497 e. The van der Waals surface area contributed by atoms with Crippen molar-refractivity contribution in [2.45, 2.75) is 6.54 Å². The zero-order valence-electron chi connectivity index (χ0n) is 17.1. The van der Waals surface area contributed by atoms with Gasteiger partial charge in [0.2, 0.25) is 11.8 Å². The molecule has 0 heterocycles. The van der Waals surface area contributed by atoms with Crippen LogP contribution in [-0.2, 0) is 16.1 Å². The van der Waals surface area contributed by atoms with Crippen LogP contribution in [-0.4, -0.2) is 63.0 Å². The van der Waals surface area contributed by atoms with E-state index in [9.17, 15) is 9.59 Å². The van der Waals surface area contributed by atoms with Crippen molar-refractivity contribution < 1.29 is 19.1 Å². The molecule has 0 aliphatic heterocycles. The Balaban J connectivity index is 1.87. The van der Waals surface area contributed by atoms with E-state index in [0.29, 0.717) is 23.0 Å². The van der Waals surface area contributed by atoms with E-state index in [1.54, 1.807) is 49.2 Å². The third kappa shape index (κ3) is 6.96. The molecule has 0 saturated carbocycles. The van der Waals surface area contributed by atoms with Crippen LogP contribution >= 0.6 is 11.6 Å². The molecule has 1 N–H and O–H groups in total. The highest BCUT2D eigenvalue weighted by molar-refractivity contribution is 6.31. The molecule has 0 bridgehead atoms. The van der Waals surface area contributed by atoms with Crippen molar-refractivity contribution in [3.63, 3.8) is 0 Å². The van der Waals surface area contributed by atoms with Gasteiger partial charge in [0.05, 0.1) is 33.0 Å². The van der Waals surface area contributed by atoms with Gasteiger partial charge in [0, 0.05) is 18.6 Å². The standard InChI is InChI=1S/C21H26ClN3O4/c1-24(13-20(26)23-18-11-16(22)8-9-19(18)29-4)14-21(27)25(2)12-15-6-5-7-17(10-15)28-3/h5-11H,12-14H2,1-4H3,(H,23,26). The first kappa shape index (κ1) is 22.5. The lowest BCUT2D eigenvalue weighted by molar-refractivity contribution is -0.131. The number of carbonyl (C=O) groups is 2. The Kier molecular flexibility index (Phi) is 8.30. The summed E-state index contributed by atoms with van der Waals surface area (Å²) in [5.41, 5.74) is 1.45. The summed E-state index contributed by atoms with van der Waals surface area (Å²) in [6.07, 6.45) is 0. The van der Waals surface area contributed by atoms with Crippen LogP contribution in [0.2, 0.25) is 5.02 Å². The number of rotatable bonds is 9. The molecule has 2 rings (SSSR count). The zero-order chi connectivity index (χ0) is 21.4. The summed E-state index contributed by atoms with van der Waals surface area (Å²) in [6, 6.07) is 12.5. The first-order valence-electron chi connectivity index (χ1n) is 9.01. The van der Waals surface area contributed by atoms with E-state index in [0.717, 1.165) is 11.3 Å². The fourth-order valence-corrected chi connectivity index (χ4v) is 2.93. The number of hydrogen-bond donors (Lipinski definition) is 1. The average molecular weight is 420 g/mol. The summed E-state index contributed by atoms with van der Waals surface area (Å²) >= 11 is 5.98. The summed E-state index contributed by atoms with van der Waals surface area (Å²) in [4.78, 5) is 28.1. The lowest BCUT2D eigenvalue weighted by Crippen LogP contribution is -2.39. The van der Waals surface area contributed by atoms with E-state index in [1.807, 2.05) is 24.3 Å². The van der Waals surface area contributed by atoms with E-state index < -0.39 is 0 Å². The molecule has 0 aliphatic carbocycles. The monoisotopic (exact) mass is 419 g/mol. The highest BCUT2D eigenvalue weighted by Crippen LogP contribution is 2.27. The number of likely N-dealkylation sites (N-methyl/N-ethyl adjacent to an activating group) is 2. The number of methoxy groups -OCH3 is 2. The lowest BCUT2D eigenvalue weighted by atomic mass is 10.2. The van der Waals surface area contributed by atoms with E-state index in [1.165, 1.54) is 7.11 Å². The van der Waals surface area contributed by atoms with Gasteiger partial charge in [-0.25, -0.2) is 0 Å². The van der Waals surface area contributed by atoms with Gasteiger partial charge in [-0.3, -0.25) is 14.5 Å². The molecule has 2 aromatic carbocycles. The van der Waals surface area contributed by atoms with Gasteiger partial charge in [-0.1, -0.05) is 23.7 Å². The van der Waals surface area contributed by atoms with Gasteiger partial charge >= 0.3 is 0 Å².